The molecule has 0 saturated heterocycles. The third-order valence-electron chi connectivity index (χ3n) is 2.74. The van der Waals surface area contributed by atoms with Crippen LogP contribution < -0.4 is 5.73 Å². The van der Waals surface area contributed by atoms with Crippen LogP contribution in [0.2, 0.25) is 10.0 Å². The average molecular weight is 278 g/mol. The van der Waals surface area contributed by atoms with Crippen LogP contribution >= 0.6 is 23.2 Å². The Morgan fingerprint density at radius 1 is 1.06 bits per heavy atom. The van der Waals surface area contributed by atoms with Crippen LogP contribution in [-0.4, -0.2) is 9.55 Å². The maximum absolute atomic E-state index is 6.20. The van der Waals surface area contributed by atoms with Crippen molar-refractivity contribution in [2.24, 2.45) is 0 Å². The van der Waals surface area contributed by atoms with Crippen LogP contribution in [0.15, 0.2) is 42.5 Å². The highest BCUT2D eigenvalue weighted by Gasteiger charge is 2.12. The molecular weight excluding hydrogens is 269 g/mol. The molecule has 1 aromatic heterocycles. The monoisotopic (exact) mass is 277 g/mol. The summed E-state index contributed by atoms with van der Waals surface area (Å²) in [6, 6.07) is 13.0. The molecule has 3 aromatic rings. The molecule has 3 rings (SSSR count). The first kappa shape index (κ1) is 11.4. The highest BCUT2D eigenvalue weighted by Crippen LogP contribution is 2.29. The Balaban J connectivity index is 2.34. The van der Waals surface area contributed by atoms with Gasteiger partial charge >= 0.3 is 0 Å². The fraction of sp³-hybridized carbons (Fsp3) is 0. The van der Waals surface area contributed by atoms with Gasteiger partial charge in [0.2, 0.25) is 5.95 Å². The van der Waals surface area contributed by atoms with Crippen molar-refractivity contribution in [2.75, 3.05) is 5.73 Å². The van der Waals surface area contributed by atoms with Gasteiger partial charge in [0.05, 0.1) is 21.7 Å². The molecule has 18 heavy (non-hydrogen) atoms. The Kier molecular flexibility index (Phi) is 2.65. The van der Waals surface area contributed by atoms with E-state index >= 15 is 0 Å². The van der Waals surface area contributed by atoms with Gasteiger partial charge in [-0.25, -0.2) is 4.98 Å². The second-order valence-electron chi connectivity index (χ2n) is 3.89. The molecule has 0 aliphatic rings. The van der Waals surface area contributed by atoms with E-state index in [0.717, 1.165) is 16.7 Å². The summed E-state index contributed by atoms with van der Waals surface area (Å²) in [7, 11) is 0. The zero-order valence-corrected chi connectivity index (χ0v) is 10.8. The SMILES string of the molecule is Nc1nc2ccccc2n1-c1ccc(Cl)cc1Cl. The summed E-state index contributed by atoms with van der Waals surface area (Å²) >= 11 is 12.1. The molecule has 0 unspecified atom stereocenters. The van der Waals surface area contributed by atoms with Crippen LogP contribution in [0.4, 0.5) is 5.95 Å². The number of hydrogen-bond acceptors (Lipinski definition) is 2. The summed E-state index contributed by atoms with van der Waals surface area (Å²) in [5.41, 5.74) is 8.47. The van der Waals surface area contributed by atoms with E-state index in [4.69, 9.17) is 28.9 Å². The zero-order valence-electron chi connectivity index (χ0n) is 9.27. The molecule has 0 spiro atoms. The number of aromatic nitrogens is 2. The third-order valence-corrected chi connectivity index (χ3v) is 3.28. The normalized spacial score (nSPS) is 11.0. The highest BCUT2D eigenvalue weighted by atomic mass is 35.5. The Hall–Kier alpha value is -1.71. The number of hydrogen-bond donors (Lipinski definition) is 1. The molecule has 0 bridgehead atoms. The minimum atomic E-state index is 0.403. The number of nitrogens with zero attached hydrogens (tertiary/aromatic N) is 2. The first-order chi connectivity index (χ1) is 8.66. The molecule has 0 fully saturated rings. The maximum Gasteiger partial charge on any atom is 0.205 e. The summed E-state index contributed by atoms with van der Waals surface area (Å²) in [4.78, 5) is 4.30. The van der Waals surface area contributed by atoms with Crippen molar-refractivity contribution in [3.8, 4) is 5.69 Å². The Morgan fingerprint density at radius 2 is 1.83 bits per heavy atom. The lowest BCUT2D eigenvalue weighted by molar-refractivity contribution is 1.11. The van der Waals surface area contributed by atoms with E-state index in [1.807, 2.05) is 34.9 Å². The molecular formula is C13H9Cl2N3. The zero-order chi connectivity index (χ0) is 12.7. The van der Waals surface area contributed by atoms with Gasteiger partial charge < -0.3 is 5.73 Å². The first-order valence-electron chi connectivity index (χ1n) is 5.35. The molecule has 0 atom stereocenters. The van der Waals surface area contributed by atoms with E-state index in [1.165, 1.54) is 0 Å². The number of imidazole rings is 1. The van der Waals surface area contributed by atoms with Gasteiger partial charge in [-0.15, -0.1) is 0 Å². The smallest absolute Gasteiger partial charge is 0.205 e. The van der Waals surface area contributed by atoms with Crippen molar-refractivity contribution in [3.63, 3.8) is 0 Å². The quantitative estimate of drug-likeness (QED) is 0.733. The largest absolute Gasteiger partial charge is 0.369 e. The molecule has 1 heterocycles. The number of nitrogens with two attached hydrogens (primary N) is 1. The minimum absolute atomic E-state index is 0.403. The van der Waals surface area contributed by atoms with E-state index in [1.54, 1.807) is 12.1 Å². The van der Waals surface area contributed by atoms with Gasteiger partial charge in [0, 0.05) is 5.02 Å². The van der Waals surface area contributed by atoms with Crippen LogP contribution in [0.25, 0.3) is 16.7 Å². The van der Waals surface area contributed by atoms with E-state index in [9.17, 15) is 0 Å². The Morgan fingerprint density at radius 3 is 2.61 bits per heavy atom. The summed E-state index contributed by atoms with van der Waals surface area (Å²) in [5.74, 6) is 0.403. The number of fused-ring (bicyclic) bond motifs is 1. The van der Waals surface area contributed by atoms with Crippen molar-refractivity contribution >= 4 is 40.2 Å². The molecule has 90 valence electrons. The minimum Gasteiger partial charge on any atom is -0.369 e. The Bertz CT molecular complexity index is 734. The van der Waals surface area contributed by atoms with Crippen LogP contribution in [-0.2, 0) is 0 Å². The molecule has 2 N–H and O–H groups in total. The molecule has 5 heteroatoms. The second kappa shape index (κ2) is 4.19. The second-order valence-corrected chi connectivity index (χ2v) is 4.73. The standard InChI is InChI=1S/C13H9Cl2N3/c14-8-5-6-11(9(15)7-8)18-12-4-2-1-3-10(12)17-13(18)16/h1-7H,(H2,16,17). The number of anilines is 1. The van der Waals surface area contributed by atoms with Crippen LogP contribution in [0.5, 0.6) is 0 Å². The van der Waals surface area contributed by atoms with E-state index in [-0.39, 0.29) is 0 Å². The highest BCUT2D eigenvalue weighted by molar-refractivity contribution is 6.35. The van der Waals surface area contributed by atoms with Gasteiger partial charge in [-0.05, 0) is 30.3 Å². The molecule has 0 aliphatic carbocycles. The van der Waals surface area contributed by atoms with E-state index in [0.29, 0.717) is 16.0 Å². The summed E-state index contributed by atoms with van der Waals surface area (Å²) in [6.07, 6.45) is 0. The fourth-order valence-corrected chi connectivity index (χ4v) is 2.45. The molecule has 0 radical (unpaired) electrons. The Labute approximate surface area is 114 Å². The van der Waals surface area contributed by atoms with Gasteiger partial charge in [0.25, 0.3) is 0 Å². The molecule has 3 nitrogen and oxygen atoms in total. The predicted molar refractivity (Wildman–Crippen MR) is 75.5 cm³/mol. The van der Waals surface area contributed by atoms with Crippen molar-refractivity contribution in [2.45, 2.75) is 0 Å². The van der Waals surface area contributed by atoms with Crippen LogP contribution in [0.3, 0.4) is 0 Å². The predicted octanol–water partition coefficient (Wildman–Crippen LogP) is 3.91. The molecule has 0 saturated carbocycles. The number of rotatable bonds is 1. The van der Waals surface area contributed by atoms with Crippen molar-refractivity contribution in [1.29, 1.82) is 0 Å². The van der Waals surface area contributed by atoms with Gasteiger partial charge in [-0.1, -0.05) is 35.3 Å². The number of halogens is 2. The first-order valence-corrected chi connectivity index (χ1v) is 6.11. The van der Waals surface area contributed by atoms with Gasteiger partial charge in [0.1, 0.15) is 0 Å². The van der Waals surface area contributed by atoms with Crippen LogP contribution in [0.1, 0.15) is 0 Å². The van der Waals surface area contributed by atoms with Gasteiger partial charge in [0.15, 0.2) is 0 Å². The molecule has 2 aromatic carbocycles. The summed E-state index contributed by atoms with van der Waals surface area (Å²) in [6.45, 7) is 0. The number of nitrogen functional groups attached to an aromatic ring is 1. The van der Waals surface area contributed by atoms with Crippen molar-refractivity contribution in [1.82, 2.24) is 9.55 Å². The fourth-order valence-electron chi connectivity index (χ4n) is 1.96. The summed E-state index contributed by atoms with van der Waals surface area (Å²) < 4.78 is 1.81. The lowest BCUT2D eigenvalue weighted by Gasteiger charge is -2.08. The topological polar surface area (TPSA) is 43.8 Å². The van der Waals surface area contributed by atoms with Gasteiger partial charge in [-0.2, -0.15) is 0 Å². The van der Waals surface area contributed by atoms with Crippen molar-refractivity contribution in [3.05, 3.63) is 52.5 Å². The lowest BCUT2D eigenvalue weighted by Crippen LogP contribution is -2.01. The molecule has 0 amide bonds. The maximum atomic E-state index is 6.20. The van der Waals surface area contributed by atoms with Crippen molar-refractivity contribution < 1.29 is 0 Å². The number of para-hydroxylation sites is 2. The van der Waals surface area contributed by atoms with Crippen LogP contribution in [0, 0.1) is 0 Å². The average Bonchev–Trinajstić information content (AvgIpc) is 2.66. The number of benzene rings is 2. The summed E-state index contributed by atoms with van der Waals surface area (Å²) in [5, 5.41) is 1.13. The van der Waals surface area contributed by atoms with E-state index in [2.05, 4.69) is 4.98 Å². The van der Waals surface area contributed by atoms with Gasteiger partial charge in [-0.3, -0.25) is 4.57 Å². The van der Waals surface area contributed by atoms with E-state index < -0.39 is 0 Å². The lowest BCUT2D eigenvalue weighted by atomic mass is 10.3. The molecule has 0 aliphatic heterocycles. The third kappa shape index (κ3) is 1.72.